The predicted octanol–water partition coefficient (Wildman–Crippen LogP) is 3.67. The van der Waals surface area contributed by atoms with Crippen molar-refractivity contribution in [2.24, 2.45) is 0 Å². The normalized spacial score (nSPS) is 19.3. The zero-order chi connectivity index (χ0) is 12.3. The minimum absolute atomic E-state index is 0.546. The van der Waals surface area contributed by atoms with E-state index < -0.39 is 0 Å². The van der Waals surface area contributed by atoms with E-state index in [1.807, 2.05) is 0 Å². The van der Waals surface area contributed by atoms with Gasteiger partial charge in [-0.2, -0.15) is 0 Å². The molecule has 2 heteroatoms. The second-order valence-corrected chi connectivity index (χ2v) is 4.83. The minimum Gasteiger partial charge on any atom is -0.382 e. The number of nitrogens with one attached hydrogen (secondary N) is 1. The van der Waals surface area contributed by atoms with Crippen molar-refractivity contribution in [1.82, 2.24) is 5.32 Å². The van der Waals surface area contributed by atoms with Crippen LogP contribution in [0.5, 0.6) is 0 Å². The van der Waals surface area contributed by atoms with Crippen molar-refractivity contribution in [2.45, 2.75) is 64.8 Å². The van der Waals surface area contributed by atoms with Crippen molar-refractivity contribution in [2.75, 3.05) is 19.8 Å². The van der Waals surface area contributed by atoms with E-state index in [0.29, 0.717) is 6.04 Å². The van der Waals surface area contributed by atoms with Gasteiger partial charge in [-0.05, 0) is 45.6 Å². The standard InChI is InChI=1S/C15H29NO/c1-3-16-15(12-13-17-4-2)14-10-8-6-5-7-9-11-14/h10,15-16H,3-9,11-13H2,1-2H3. The second-order valence-electron chi connectivity index (χ2n) is 4.83. The molecule has 100 valence electrons. The Morgan fingerprint density at radius 2 is 2.06 bits per heavy atom. The smallest absolute Gasteiger partial charge is 0.0483 e. The number of hydrogen-bond donors (Lipinski definition) is 1. The lowest BCUT2D eigenvalue weighted by Crippen LogP contribution is -2.32. The van der Waals surface area contributed by atoms with Crippen LogP contribution in [0.3, 0.4) is 0 Å². The highest BCUT2D eigenvalue weighted by atomic mass is 16.5. The van der Waals surface area contributed by atoms with Gasteiger partial charge in [0.05, 0.1) is 0 Å². The third-order valence-electron chi connectivity index (χ3n) is 3.48. The molecule has 1 N–H and O–H groups in total. The Kier molecular flexibility index (Phi) is 8.37. The average Bonchev–Trinajstić information content (AvgIpc) is 2.28. The molecule has 2 nitrogen and oxygen atoms in total. The first-order valence-electron chi connectivity index (χ1n) is 7.38. The fraction of sp³-hybridized carbons (Fsp3) is 0.867. The van der Waals surface area contributed by atoms with Crippen LogP contribution >= 0.6 is 0 Å². The average molecular weight is 239 g/mol. The highest BCUT2D eigenvalue weighted by Gasteiger charge is 2.13. The molecule has 1 aliphatic rings. The lowest BCUT2D eigenvalue weighted by molar-refractivity contribution is 0.139. The van der Waals surface area contributed by atoms with Crippen LogP contribution in [-0.4, -0.2) is 25.8 Å². The van der Waals surface area contributed by atoms with E-state index in [2.05, 4.69) is 25.2 Å². The summed E-state index contributed by atoms with van der Waals surface area (Å²) in [6.07, 6.45) is 11.7. The summed E-state index contributed by atoms with van der Waals surface area (Å²) in [5.41, 5.74) is 1.63. The highest BCUT2D eigenvalue weighted by molar-refractivity contribution is 5.11. The molecule has 0 saturated carbocycles. The first-order chi connectivity index (χ1) is 8.38. The van der Waals surface area contributed by atoms with Crippen LogP contribution in [0.1, 0.15) is 58.8 Å². The molecule has 1 rings (SSSR count). The van der Waals surface area contributed by atoms with E-state index in [9.17, 15) is 0 Å². The van der Waals surface area contributed by atoms with Crippen molar-refractivity contribution in [3.05, 3.63) is 11.6 Å². The third-order valence-corrected chi connectivity index (χ3v) is 3.48. The van der Waals surface area contributed by atoms with Crippen LogP contribution in [-0.2, 0) is 4.74 Å². The molecule has 0 amide bonds. The number of likely N-dealkylation sites (N-methyl/N-ethyl adjacent to an activating group) is 1. The van der Waals surface area contributed by atoms with E-state index in [-0.39, 0.29) is 0 Å². The van der Waals surface area contributed by atoms with Crippen molar-refractivity contribution in [1.29, 1.82) is 0 Å². The summed E-state index contributed by atoms with van der Waals surface area (Å²) in [5, 5.41) is 3.61. The quantitative estimate of drug-likeness (QED) is 0.540. The molecular formula is C15H29NO. The Bertz CT molecular complexity index is 213. The SMILES string of the molecule is CCNC(CCOCC)C1=CCCCCCC1. The summed E-state index contributed by atoms with van der Waals surface area (Å²) in [6.45, 7) is 7.02. The fourth-order valence-electron chi connectivity index (χ4n) is 2.54. The number of rotatable bonds is 7. The Hall–Kier alpha value is -0.340. The third kappa shape index (κ3) is 6.23. The van der Waals surface area contributed by atoms with Crippen LogP contribution in [0.15, 0.2) is 11.6 Å². The van der Waals surface area contributed by atoms with Gasteiger partial charge >= 0.3 is 0 Å². The summed E-state index contributed by atoms with van der Waals surface area (Å²) in [7, 11) is 0. The van der Waals surface area contributed by atoms with Gasteiger partial charge in [0.2, 0.25) is 0 Å². The maximum atomic E-state index is 5.49. The molecule has 0 saturated heterocycles. The van der Waals surface area contributed by atoms with Gasteiger partial charge in [0.15, 0.2) is 0 Å². The van der Waals surface area contributed by atoms with Crippen molar-refractivity contribution in [3.8, 4) is 0 Å². The summed E-state index contributed by atoms with van der Waals surface area (Å²) in [4.78, 5) is 0. The summed E-state index contributed by atoms with van der Waals surface area (Å²) >= 11 is 0. The zero-order valence-electron chi connectivity index (χ0n) is 11.6. The molecule has 0 aromatic rings. The van der Waals surface area contributed by atoms with Crippen molar-refractivity contribution < 1.29 is 4.74 Å². The molecule has 0 aliphatic heterocycles. The minimum atomic E-state index is 0.546. The van der Waals surface area contributed by atoms with E-state index in [1.54, 1.807) is 5.57 Å². The largest absolute Gasteiger partial charge is 0.382 e. The van der Waals surface area contributed by atoms with Crippen LogP contribution in [0, 0.1) is 0 Å². The maximum Gasteiger partial charge on any atom is 0.0483 e. The molecule has 0 fully saturated rings. The summed E-state index contributed by atoms with van der Waals surface area (Å²) in [6, 6.07) is 0.546. The van der Waals surface area contributed by atoms with E-state index in [0.717, 1.165) is 26.2 Å². The fourth-order valence-corrected chi connectivity index (χ4v) is 2.54. The van der Waals surface area contributed by atoms with Crippen LogP contribution in [0.25, 0.3) is 0 Å². The molecule has 0 aromatic carbocycles. The molecular weight excluding hydrogens is 210 g/mol. The first kappa shape index (κ1) is 14.7. The molecule has 17 heavy (non-hydrogen) atoms. The van der Waals surface area contributed by atoms with Gasteiger partial charge in [0, 0.05) is 19.3 Å². The summed E-state index contributed by atoms with van der Waals surface area (Å²) in [5.74, 6) is 0. The molecule has 0 heterocycles. The lowest BCUT2D eigenvalue weighted by Gasteiger charge is -2.23. The van der Waals surface area contributed by atoms with E-state index in [1.165, 1.54) is 38.5 Å². The number of hydrogen-bond acceptors (Lipinski definition) is 2. The second kappa shape index (κ2) is 9.67. The lowest BCUT2D eigenvalue weighted by atomic mass is 9.93. The molecule has 0 aromatic heterocycles. The number of ether oxygens (including phenoxy) is 1. The van der Waals surface area contributed by atoms with Gasteiger partial charge in [-0.15, -0.1) is 0 Å². The van der Waals surface area contributed by atoms with Gasteiger partial charge in [-0.25, -0.2) is 0 Å². The predicted molar refractivity (Wildman–Crippen MR) is 74.4 cm³/mol. The molecule has 1 aliphatic carbocycles. The Morgan fingerprint density at radius 3 is 2.82 bits per heavy atom. The molecule has 0 radical (unpaired) electrons. The topological polar surface area (TPSA) is 21.3 Å². The van der Waals surface area contributed by atoms with E-state index >= 15 is 0 Å². The van der Waals surface area contributed by atoms with Gasteiger partial charge in [-0.3, -0.25) is 0 Å². The number of allylic oxidation sites excluding steroid dienone is 1. The molecule has 1 atom stereocenters. The zero-order valence-corrected chi connectivity index (χ0v) is 11.6. The molecule has 1 unspecified atom stereocenters. The monoisotopic (exact) mass is 239 g/mol. The molecule has 0 spiro atoms. The van der Waals surface area contributed by atoms with Crippen molar-refractivity contribution in [3.63, 3.8) is 0 Å². The van der Waals surface area contributed by atoms with Crippen molar-refractivity contribution >= 4 is 0 Å². The summed E-state index contributed by atoms with van der Waals surface area (Å²) < 4.78 is 5.49. The van der Waals surface area contributed by atoms with Crippen LogP contribution in [0.4, 0.5) is 0 Å². The Labute approximate surface area is 107 Å². The van der Waals surface area contributed by atoms with Gasteiger partial charge < -0.3 is 10.1 Å². The van der Waals surface area contributed by atoms with Crippen LogP contribution in [0.2, 0.25) is 0 Å². The van der Waals surface area contributed by atoms with E-state index in [4.69, 9.17) is 4.74 Å². The van der Waals surface area contributed by atoms with Gasteiger partial charge in [0.1, 0.15) is 0 Å². The maximum absolute atomic E-state index is 5.49. The highest BCUT2D eigenvalue weighted by Crippen LogP contribution is 2.21. The van der Waals surface area contributed by atoms with Gasteiger partial charge in [0.25, 0.3) is 0 Å². The van der Waals surface area contributed by atoms with Crippen LogP contribution < -0.4 is 5.32 Å². The Morgan fingerprint density at radius 1 is 1.24 bits per heavy atom. The van der Waals surface area contributed by atoms with Gasteiger partial charge in [-0.1, -0.05) is 31.4 Å². The Balaban J connectivity index is 2.46. The molecule has 0 bridgehead atoms. The first-order valence-corrected chi connectivity index (χ1v) is 7.38.